The largest absolute Gasteiger partial charge is 0.505 e. The lowest BCUT2D eigenvalue weighted by Gasteiger charge is -2.33. The van der Waals surface area contributed by atoms with E-state index in [4.69, 9.17) is 0 Å². The van der Waals surface area contributed by atoms with Gasteiger partial charge in [0.25, 0.3) is 0 Å². The van der Waals surface area contributed by atoms with Crippen LogP contribution in [0.3, 0.4) is 0 Å². The van der Waals surface area contributed by atoms with E-state index in [0.717, 1.165) is 128 Å². The highest BCUT2D eigenvalue weighted by atomic mass is 16.3. The number of phenols is 8. The number of benzene rings is 4. The number of anilines is 4. The number of rotatable bonds is 56. The fourth-order valence-electron chi connectivity index (χ4n) is 16.1. The van der Waals surface area contributed by atoms with Crippen molar-refractivity contribution in [3.8, 4) is 46.0 Å². The van der Waals surface area contributed by atoms with Gasteiger partial charge in [-0.05, 0) is 49.9 Å². The van der Waals surface area contributed by atoms with E-state index in [1.807, 2.05) is 99.7 Å². The summed E-state index contributed by atoms with van der Waals surface area (Å²) in [5.41, 5.74) is 18.4. The van der Waals surface area contributed by atoms with E-state index in [9.17, 15) is 40.9 Å². The Labute approximate surface area is 632 Å². The standard InChI is InChI=1S/C88H152N8O8/c1-13-25-29-33-37-41-45-49-53-57-65-69-61-71(83(99)77(81(69)97)89-93(17-5)18-6)66(58-54-50-46-42-38-34-30-26-14-2)73-63-75(87(103)79(85(73)101)91-95(21-9)22-10)68(60-56-52-48-44-40-36-32-28-16-4)76-64-74(86(102)80(88(76)104)92-96(23-11)24-12)67(59-55-51-47-43-39-35-31-27-15-3)72-62-70(65)82(98)78(84(72)100)90-94(19-7)20-8/h61-68,89-92,97-104H,13-60H2,1-12H3. The molecule has 12 N–H and O–H groups in total. The lowest BCUT2D eigenvalue weighted by molar-refractivity contribution is 0.354. The molecular formula is C88H152N8O8. The number of hydrazine groups is 4. The molecule has 16 nitrogen and oxygen atoms in total. The Morgan fingerprint density at radius 2 is 0.327 bits per heavy atom. The zero-order chi connectivity index (χ0) is 75.8. The average Bonchev–Trinajstić information content (AvgIpc) is 0.738. The van der Waals surface area contributed by atoms with Crippen molar-refractivity contribution < 1.29 is 40.9 Å². The van der Waals surface area contributed by atoms with Crippen LogP contribution >= 0.6 is 0 Å². The van der Waals surface area contributed by atoms with Gasteiger partial charge in [-0.15, -0.1) is 0 Å². The summed E-state index contributed by atoms with van der Waals surface area (Å²) in [7, 11) is 0. The third-order valence-corrected chi connectivity index (χ3v) is 22.8. The van der Waals surface area contributed by atoms with Gasteiger partial charge in [0.2, 0.25) is 0 Å². The Balaban J connectivity index is 2.10. The van der Waals surface area contributed by atoms with Crippen LogP contribution in [0.2, 0.25) is 0 Å². The summed E-state index contributed by atoms with van der Waals surface area (Å²) in [6.07, 6.45) is 41.0. The molecule has 0 aromatic heterocycles. The van der Waals surface area contributed by atoms with E-state index in [0.29, 0.717) is 123 Å². The summed E-state index contributed by atoms with van der Waals surface area (Å²) in [6, 6.07) is 7.77. The lowest BCUT2D eigenvalue weighted by atomic mass is 9.75. The molecule has 592 valence electrons. The van der Waals surface area contributed by atoms with E-state index >= 15 is 0 Å². The first-order valence-corrected chi connectivity index (χ1v) is 43.0. The molecule has 1 aliphatic carbocycles. The van der Waals surface area contributed by atoms with Gasteiger partial charge in [0.15, 0.2) is 0 Å². The number of phenolic OH excluding ortho intramolecular Hbond substituents is 8. The van der Waals surface area contributed by atoms with Crippen LogP contribution in [0.15, 0.2) is 24.3 Å². The highest BCUT2D eigenvalue weighted by Crippen LogP contribution is 2.59. The van der Waals surface area contributed by atoms with Crippen LogP contribution in [0.5, 0.6) is 46.0 Å². The molecule has 0 amide bonds. The maximum absolute atomic E-state index is 13.5. The topological polar surface area (TPSA) is 223 Å². The normalized spacial score (nSPS) is 15.3. The number of fused-ring (bicyclic) bond motifs is 8. The van der Waals surface area contributed by atoms with Crippen molar-refractivity contribution in [3.05, 3.63) is 68.8 Å². The fraction of sp³-hybridized carbons (Fsp3) is 0.727. The number of nitrogens with zero attached hydrogens (tertiary/aromatic N) is 4. The van der Waals surface area contributed by atoms with Gasteiger partial charge in [-0.2, -0.15) is 0 Å². The highest BCUT2D eigenvalue weighted by Gasteiger charge is 2.38. The van der Waals surface area contributed by atoms with Crippen molar-refractivity contribution in [2.75, 3.05) is 74.1 Å². The Morgan fingerprint density at radius 1 is 0.202 bits per heavy atom. The Kier molecular flexibility index (Phi) is 42.8. The summed E-state index contributed by atoms with van der Waals surface area (Å²) in [4.78, 5) is 0. The molecule has 1 aliphatic rings. The van der Waals surface area contributed by atoms with Crippen LogP contribution in [0.4, 0.5) is 22.7 Å². The molecule has 0 saturated carbocycles. The third-order valence-electron chi connectivity index (χ3n) is 22.8. The average molecular weight is 1450 g/mol. The second-order valence-electron chi connectivity index (χ2n) is 30.3. The minimum Gasteiger partial charge on any atom is -0.505 e. The van der Waals surface area contributed by atoms with Gasteiger partial charge < -0.3 is 62.6 Å². The molecule has 4 aromatic rings. The molecule has 0 radical (unpaired) electrons. The van der Waals surface area contributed by atoms with Crippen LogP contribution in [0, 0.1) is 0 Å². The van der Waals surface area contributed by atoms with Crippen molar-refractivity contribution in [1.82, 2.24) is 20.0 Å². The van der Waals surface area contributed by atoms with E-state index < -0.39 is 23.7 Å². The van der Waals surface area contributed by atoms with Crippen LogP contribution in [-0.4, -0.2) is 113 Å². The van der Waals surface area contributed by atoms with Crippen molar-refractivity contribution >= 4 is 22.7 Å². The second kappa shape index (κ2) is 50.0. The molecule has 8 bridgehead atoms. The third kappa shape index (κ3) is 26.3. The van der Waals surface area contributed by atoms with E-state index in [-0.39, 0.29) is 68.7 Å². The molecule has 0 aliphatic heterocycles. The summed E-state index contributed by atoms with van der Waals surface area (Å²) >= 11 is 0. The molecule has 16 heteroatoms. The molecule has 5 rings (SSSR count). The van der Waals surface area contributed by atoms with Gasteiger partial charge in [-0.25, -0.2) is 20.0 Å². The van der Waals surface area contributed by atoms with Crippen molar-refractivity contribution in [2.45, 2.75) is 364 Å². The summed E-state index contributed by atoms with van der Waals surface area (Å²) in [5, 5.41) is 116. The van der Waals surface area contributed by atoms with Crippen LogP contribution in [0.25, 0.3) is 0 Å². The smallest absolute Gasteiger partial charge is 0.147 e. The first kappa shape index (κ1) is 88.9. The van der Waals surface area contributed by atoms with E-state index in [1.165, 1.54) is 103 Å². The van der Waals surface area contributed by atoms with Gasteiger partial charge in [-0.3, -0.25) is 0 Å². The highest BCUT2D eigenvalue weighted by molar-refractivity contribution is 5.80. The molecule has 104 heavy (non-hydrogen) atoms. The number of hydrogen-bond acceptors (Lipinski definition) is 16. The molecule has 0 unspecified atom stereocenters. The SMILES string of the molecule is CCCCCCCCCCCC1c2cc(c(O)c(NN(CC)CC)c2O)C(CCCCCCCCCCC)c2cc(c(O)c(NN(CC)CC)c2O)C(CCCCCCCCCCC)c2cc(c(O)c(NN(CC)CC)c2O)C(CCCCCCCCCCC)c2cc1c(O)c(NN(CC)CC)c2O. The molecule has 0 heterocycles. The van der Waals surface area contributed by atoms with Gasteiger partial charge in [0, 0.05) is 121 Å². The molecule has 4 aromatic carbocycles. The van der Waals surface area contributed by atoms with E-state index in [1.54, 1.807) is 0 Å². The predicted molar refractivity (Wildman–Crippen MR) is 440 cm³/mol. The minimum absolute atomic E-state index is 0.126. The monoisotopic (exact) mass is 1450 g/mol. The van der Waals surface area contributed by atoms with Crippen molar-refractivity contribution in [1.29, 1.82) is 0 Å². The first-order chi connectivity index (χ1) is 50.5. The fourth-order valence-corrected chi connectivity index (χ4v) is 16.1. The zero-order valence-electron chi connectivity index (χ0n) is 67.9. The number of hydrogen-bond donors (Lipinski definition) is 12. The maximum Gasteiger partial charge on any atom is 0.147 e. The van der Waals surface area contributed by atoms with E-state index in [2.05, 4.69) is 49.4 Å². The predicted octanol–water partition coefficient (Wildman–Crippen LogP) is 24.5. The van der Waals surface area contributed by atoms with Crippen molar-refractivity contribution in [3.63, 3.8) is 0 Å². The van der Waals surface area contributed by atoms with Crippen molar-refractivity contribution in [2.24, 2.45) is 0 Å². The lowest BCUT2D eigenvalue weighted by Crippen LogP contribution is -2.30. The summed E-state index contributed by atoms with van der Waals surface area (Å²) in [5.74, 6) is -4.23. The number of aromatic hydroxyl groups is 8. The van der Waals surface area contributed by atoms with Gasteiger partial charge >= 0.3 is 0 Å². The first-order valence-electron chi connectivity index (χ1n) is 43.0. The van der Waals surface area contributed by atoms with Crippen LogP contribution in [0.1, 0.15) is 408 Å². The molecule has 0 saturated heterocycles. The number of nitrogens with one attached hydrogen (secondary N) is 4. The van der Waals surface area contributed by atoms with Gasteiger partial charge in [-0.1, -0.05) is 314 Å². The van der Waals surface area contributed by atoms with Gasteiger partial charge in [0.1, 0.15) is 68.7 Å². The van der Waals surface area contributed by atoms with Crippen LogP contribution in [-0.2, 0) is 0 Å². The molecular weight excluding hydrogens is 1300 g/mol. The van der Waals surface area contributed by atoms with Gasteiger partial charge in [0.05, 0.1) is 0 Å². The molecule has 0 atom stereocenters. The second-order valence-corrected chi connectivity index (χ2v) is 30.3. The number of unbranched alkanes of at least 4 members (excludes halogenated alkanes) is 32. The zero-order valence-corrected chi connectivity index (χ0v) is 67.9. The Morgan fingerprint density at radius 3 is 0.452 bits per heavy atom. The maximum atomic E-state index is 13.5. The Bertz CT molecular complexity index is 2510. The minimum atomic E-state index is -0.740. The summed E-state index contributed by atoms with van der Waals surface area (Å²) < 4.78 is 0. The quantitative estimate of drug-likeness (QED) is 0.0112. The molecule has 0 fully saturated rings. The Hall–Kier alpha value is -5.68. The summed E-state index contributed by atoms with van der Waals surface area (Å²) in [6.45, 7) is 29.5. The van der Waals surface area contributed by atoms with Crippen LogP contribution < -0.4 is 21.7 Å². The molecule has 0 spiro atoms.